The predicted molar refractivity (Wildman–Crippen MR) is 163 cm³/mol. The number of pyridine rings is 1. The minimum absolute atomic E-state index is 0.0358. The van der Waals surface area contributed by atoms with Gasteiger partial charge in [-0.25, -0.2) is 22.8 Å². The van der Waals surface area contributed by atoms with Crippen LogP contribution in [0.5, 0.6) is 5.88 Å². The van der Waals surface area contributed by atoms with E-state index in [1.165, 1.54) is 25.1 Å². The molecule has 3 fully saturated rings. The molecule has 42 heavy (non-hydrogen) atoms. The zero-order valence-corrected chi connectivity index (χ0v) is 25.9. The molecule has 3 aliphatic rings. The first-order valence-corrected chi connectivity index (χ1v) is 17.1. The first kappa shape index (κ1) is 29.1. The predicted octanol–water partition coefficient (Wildman–Crippen LogP) is 4.07. The number of carbonyl (C=O) groups excluding carboxylic acids is 1. The molecule has 3 aromatic rings. The molecule has 4 heterocycles. The smallest absolute Gasteiger partial charge is 0.283 e. The minimum Gasteiger partial charge on any atom is -0.473 e. The van der Waals surface area contributed by atoms with Crippen LogP contribution in [0.25, 0.3) is 22.2 Å². The monoisotopic (exact) mass is 594 g/mol. The van der Waals surface area contributed by atoms with Gasteiger partial charge in [0.2, 0.25) is 15.9 Å². The van der Waals surface area contributed by atoms with Gasteiger partial charge in [-0.1, -0.05) is 43.5 Å². The Morgan fingerprint density at radius 2 is 1.71 bits per heavy atom. The van der Waals surface area contributed by atoms with Gasteiger partial charge in [-0.05, 0) is 62.8 Å². The maximum absolute atomic E-state index is 13.1. The lowest BCUT2D eigenvalue weighted by Crippen LogP contribution is -2.30. The number of rotatable bonds is 8. The number of nitrogens with zero attached hydrogens (tertiary/aromatic N) is 5. The molecule has 0 bridgehead atoms. The van der Waals surface area contributed by atoms with Gasteiger partial charge in [0.15, 0.2) is 5.65 Å². The quantitative estimate of drug-likeness (QED) is 0.416. The van der Waals surface area contributed by atoms with Crippen molar-refractivity contribution in [3.05, 3.63) is 41.6 Å². The molecule has 10 nitrogen and oxygen atoms in total. The van der Waals surface area contributed by atoms with Crippen molar-refractivity contribution < 1.29 is 17.9 Å². The topological polar surface area (TPSA) is 110 Å². The van der Waals surface area contributed by atoms with Crippen molar-refractivity contribution in [3.63, 3.8) is 0 Å². The standard InChI is InChI=1S/C31H42N6O4S/c1-20(2)41-31-28-26(22-12-10-21(11-13-22)15-36-18-23-16-35(3)17-24(23)19-36)14-27(30(38)34-42(4,39)40)32-29(28)37(33-31)25-8-6-5-7-9-25/h10-14,20,23-25H,5-9,15-19H2,1-4H3,(H,34,38). The Morgan fingerprint density at radius 3 is 2.33 bits per heavy atom. The van der Waals surface area contributed by atoms with Crippen molar-refractivity contribution in [3.8, 4) is 17.0 Å². The van der Waals surface area contributed by atoms with E-state index in [1.807, 2.05) is 18.5 Å². The highest BCUT2D eigenvalue weighted by molar-refractivity contribution is 7.89. The maximum atomic E-state index is 13.1. The molecule has 2 unspecified atom stereocenters. The van der Waals surface area contributed by atoms with Crippen molar-refractivity contribution in [2.24, 2.45) is 11.8 Å². The van der Waals surface area contributed by atoms with E-state index in [2.05, 4.69) is 45.8 Å². The van der Waals surface area contributed by atoms with Gasteiger partial charge in [0.05, 0.1) is 23.8 Å². The van der Waals surface area contributed by atoms with Crippen LogP contribution < -0.4 is 9.46 Å². The summed E-state index contributed by atoms with van der Waals surface area (Å²) in [4.78, 5) is 22.8. The lowest BCUT2D eigenvalue weighted by molar-refractivity contribution is 0.0977. The highest BCUT2D eigenvalue weighted by Crippen LogP contribution is 2.39. The minimum atomic E-state index is -3.76. The van der Waals surface area contributed by atoms with Gasteiger partial charge in [0.25, 0.3) is 5.91 Å². The van der Waals surface area contributed by atoms with Crippen LogP contribution in [0.2, 0.25) is 0 Å². The van der Waals surface area contributed by atoms with Crippen LogP contribution in [0, 0.1) is 11.8 Å². The average molecular weight is 595 g/mol. The summed E-state index contributed by atoms with van der Waals surface area (Å²) in [5.41, 5.74) is 3.47. The molecule has 2 atom stereocenters. The molecule has 2 saturated heterocycles. The summed E-state index contributed by atoms with van der Waals surface area (Å²) in [5.74, 6) is 1.25. The summed E-state index contributed by atoms with van der Waals surface area (Å²) in [7, 11) is -1.55. The van der Waals surface area contributed by atoms with Gasteiger partial charge in [-0.3, -0.25) is 9.69 Å². The second-order valence-electron chi connectivity index (χ2n) is 12.8. The van der Waals surface area contributed by atoms with Gasteiger partial charge >= 0.3 is 0 Å². The van der Waals surface area contributed by atoms with E-state index in [4.69, 9.17) is 14.8 Å². The van der Waals surface area contributed by atoms with E-state index >= 15 is 0 Å². The Bertz CT molecular complexity index is 1550. The Hall–Kier alpha value is -3.02. The molecule has 0 spiro atoms. The van der Waals surface area contributed by atoms with E-state index < -0.39 is 15.9 Å². The lowest BCUT2D eigenvalue weighted by Gasteiger charge is -2.22. The molecule has 2 aromatic heterocycles. The highest BCUT2D eigenvalue weighted by atomic mass is 32.2. The number of benzene rings is 1. The Morgan fingerprint density at radius 1 is 1.05 bits per heavy atom. The van der Waals surface area contributed by atoms with E-state index in [0.29, 0.717) is 11.5 Å². The number of aromatic nitrogens is 3. The van der Waals surface area contributed by atoms with Crippen LogP contribution in [0.15, 0.2) is 30.3 Å². The fourth-order valence-electron chi connectivity index (χ4n) is 7.06. The summed E-state index contributed by atoms with van der Waals surface area (Å²) in [5, 5.41) is 5.65. The second-order valence-corrected chi connectivity index (χ2v) is 14.5. The molecule has 0 radical (unpaired) electrons. The third kappa shape index (κ3) is 6.18. The van der Waals surface area contributed by atoms with Crippen LogP contribution >= 0.6 is 0 Å². The van der Waals surface area contributed by atoms with E-state index in [9.17, 15) is 13.2 Å². The van der Waals surface area contributed by atoms with Crippen molar-refractivity contribution in [1.29, 1.82) is 0 Å². The van der Waals surface area contributed by atoms with Crippen LogP contribution in [0.3, 0.4) is 0 Å². The van der Waals surface area contributed by atoms with Crippen molar-refractivity contribution >= 4 is 27.0 Å². The van der Waals surface area contributed by atoms with Crippen molar-refractivity contribution in [2.75, 3.05) is 39.5 Å². The zero-order chi connectivity index (χ0) is 29.6. The summed E-state index contributed by atoms with van der Waals surface area (Å²) < 4.78 is 34.1. The van der Waals surface area contributed by atoms with E-state index in [1.54, 1.807) is 6.07 Å². The first-order valence-electron chi connectivity index (χ1n) is 15.2. The highest BCUT2D eigenvalue weighted by Gasteiger charge is 2.38. The van der Waals surface area contributed by atoms with E-state index in [0.717, 1.165) is 79.9 Å². The van der Waals surface area contributed by atoms with Crippen LogP contribution in [-0.4, -0.2) is 84.5 Å². The van der Waals surface area contributed by atoms with Crippen LogP contribution in [0.4, 0.5) is 0 Å². The number of likely N-dealkylation sites (tertiary alicyclic amines) is 2. The SMILES string of the molecule is CC(C)Oc1nn(C2CCCCC2)c2nc(C(=O)NS(C)(=O)=O)cc(-c3ccc(CN4CC5CN(C)CC5C4)cc3)c12. The number of hydrogen-bond donors (Lipinski definition) is 1. The second kappa shape index (κ2) is 11.6. The van der Waals surface area contributed by atoms with Crippen LogP contribution in [-0.2, 0) is 16.6 Å². The van der Waals surface area contributed by atoms with Gasteiger partial charge < -0.3 is 9.64 Å². The summed E-state index contributed by atoms with van der Waals surface area (Å²) in [6, 6.07) is 10.2. The first-order chi connectivity index (χ1) is 20.0. The summed E-state index contributed by atoms with van der Waals surface area (Å²) in [6.07, 6.45) is 6.19. The van der Waals surface area contributed by atoms with Crippen molar-refractivity contribution in [2.45, 2.75) is 64.6 Å². The maximum Gasteiger partial charge on any atom is 0.283 e. The van der Waals surface area contributed by atoms with Gasteiger partial charge in [0, 0.05) is 38.3 Å². The molecule has 1 aromatic carbocycles. The molecule has 1 amide bonds. The zero-order valence-electron chi connectivity index (χ0n) is 25.0. The summed E-state index contributed by atoms with van der Waals surface area (Å²) >= 11 is 0. The van der Waals surface area contributed by atoms with E-state index in [-0.39, 0.29) is 17.8 Å². The molecule has 1 saturated carbocycles. The Labute approximate surface area is 248 Å². The normalized spacial score (nSPS) is 22.2. The lowest BCUT2D eigenvalue weighted by atomic mass is 9.95. The fraction of sp³-hybridized carbons (Fsp3) is 0.581. The molecule has 11 heteroatoms. The number of nitrogens with one attached hydrogen (secondary N) is 1. The van der Waals surface area contributed by atoms with Crippen LogP contribution in [0.1, 0.15) is 68.0 Å². The number of amides is 1. The molecule has 226 valence electrons. The average Bonchev–Trinajstić information content (AvgIpc) is 3.58. The number of ether oxygens (including phenoxy) is 1. The van der Waals surface area contributed by atoms with Gasteiger partial charge in [-0.2, -0.15) is 0 Å². The molecule has 2 aliphatic heterocycles. The van der Waals surface area contributed by atoms with Gasteiger partial charge in [-0.15, -0.1) is 5.10 Å². The number of hydrogen-bond acceptors (Lipinski definition) is 8. The third-order valence-electron chi connectivity index (χ3n) is 8.82. The van der Waals surface area contributed by atoms with Crippen molar-refractivity contribution in [1.82, 2.24) is 29.3 Å². The molecule has 1 N–H and O–H groups in total. The fourth-order valence-corrected chi connectivity index (χ4v) is 7.50. The molecule has 1 aliphatic carbocycles. The Balaban J connectivity index is 1.39. The number of fused-ring (bicyclic) bond motifs is 2. The largest absolute Gasteiger partial charge is 0.473 e. The van der Waals surface area contributed by atoms with Gasteiger partial charge in [0.1, 0.15) is 5.69 Å². The number of sulfonamides is 1. The number of carbonyl (C=O) groups is 1. The molecular weight excluding hydrogens is 552 g/mol. The Kier molecular flexibility index (Phi) is 8.01. The summed E-state index contributed by atoms with van der Waals surface area (Å²) in [6.45, 7) is 9.47. The third-order valence-corrected chi connectivity index (χ3v) is 9.38. The molecular formula is C31H42N6O4S. The molecule has 6 rings (SSSR count).